The molecule has 2 aliphatic heterocycles. The molecule has 2 aliphatic rings. The molecule has 0 spiro atoms. The highest BCUT2D eigenvalue weighted by Crippen LogP contribution is 2.42. The highest BCUT2D eigenvalue weighted by Gasteiger charge is 2.55. The number of amides is 1. The van der Waals surface area contributed by atoms with Crippen molar-refractivity contribution in [2.75, 3.05) is 38.6 Å². The quantitative estimate of drug-likeness (QED) is 0.349. The summed E-state index contributed by atoms with van der Waals surface area (Å²) in [5, 5.41) is 25.6. The molecule has 1 aromatic rings. The van der Waals surface area contributed by atoms with Crippen LogP contribution in [0.15, 0.2) is 18.2 Å². The zero-order valence-electron chi connectivity index (χ0n) is 14.1. The van der Waals surface area contributed by atoms with E-state index in [-0.39, 0.29) is 12.1 Å². The van der Waals surface area contributed by atoms with Crippen molar-refractivity contribution in [3.63, 3.8) is 0 Å². The third kappa shape index (κ3) is 2.51. The number of likely N-dealkylation sites (N-methyl/N-ethyl adjacent to an activating group) is 1. The average molecular weight is 348 g/mol. The Balaban J connectivity index is 2.19. The van der Waals surface area contributed by atoms with Gasteiger partial charge in [-0.3, -0.25) is 14.9 Å². The van der Waals surface area contributed by atoms with Crippen molar-refractivity contribution in [2.24, 2.45) is 5.41 Å². The van der Waals surface area contributed by atoms with Crippen LogP contribution >= 0.6 is 0 Å². The van der Waals surface area contributed by atoms with Gasteiger partial charge in [0.05, 0.1) is 43.6 Å². The Kier molecular flexibility index (Phi) is 4.11. The third-order valence-electron chi connectivity index (χ3n) is 5.32. The summed E-state index contributed by atoms with van der Waals surface area (Å²) in [5.41, 5.74) is -0.665. The van der Waals surface area contributed by atoms with E-state index in [4.69, 9.17) is 0 Å². The molecule has 0 aliphatic carbocycles. The number of fused-ring (bicyclic) bond motifs is 3. The number of hydrogen-bond donors (Lipinski definition) is 2. The number of nitro benzene ring substituents is 1. The molecule has 0 radical (unpaired) electrons. The van der Waals surface area contributed by atoms with Crippen LogP contribution in [0.1, 0.15) is 5.56 Å². The molecular formula is C16H20N4O5. The summed E-state index contributed by atoms with van der Waals surface area (Å²) < 4.78 is 0. The largest absolute Gasteiger partial charge is 0.549 e. The number of carboxylic acid groups (broad SMARTS) is 1. The second-order valence-electron chi connectivity index (χ2n) is 6.71. The number of non-ortho nitro benzene ring substituents is 1. The van der Waals surface area contributed by atoms with Crippen molar-refractivity contribution in [2.45, 2.75) is 12.5 Å². The Morgan fingerprint density at radius 2 is 2.16 bits per heavy atom. The molecule has 1 saturated heterocycles. The Morgan fingerprint density at radius 1 is 1.44 bits per heavy atom. The maximum Gasteiger partial charge on any atom is 0.269 e. The molecule has 0 bridgehead atoms. The van der Waals surface area contributed by atoms with Gasteiger partial charge in [-0.25, -0.2) is 0 Å². The van der Waals surface area contributed by atoms with Crippen LogP contribution in [0.5, 0.6) is 0 Å². The van der Waals surface area contributed by atoms with Crippen LogP contribution in [-0.4, -0.2) is 56.6 Å². The van der Waals surface area contributed by atoms with Gasteiger partial charge in [-0.1, -0.05) is 0 Å². The molecule has 2 heterocycles. The fourth-order valence-electron chi connectivity index (χ4n) is 4.02. The number of nitro groups is 1. The number of piperazine rings is 1. The van der Waals surface area contributed by atoms with Crippen LogP contribution in [0.3, 0.4) is 0 Å². The van der Waals surface area contributed by atoms with Gasteiger partial charge in [0.25, 0.3) is 5.69 Å². The van der Waals surface area contributed by atoms with Gasteiger partial charge in [0.1, 0.15) is 5.41 Å². The van der Waals surface area contributed by atoms with Crippen LogP contribution in [0.25, 0.3) is 0 Å². The van der Waals surface area contributed by atoms with Gasteiger partial charge in [-0.2, -0.15) is 0 Å². The molecule has 25 heavy (non-hydrogen) atoms. The van der Waals surface area contributed by atoms with Gasteiger partial charge in [0.2, 0.25) is 5.91 Å². The molecule has 0 saturated carbocycles. The van der Waals surface area contributed by atoms with Gasteiger partial charge in [-0.05, 0) is 18.1 Å². The second kappa shape index (κ2) is 5.99. The summed E-state index contributed by atoms with van der Waals surface area (Å²) in [5.74, 6) is -2.08. The number of quaternary nitrogens is 1. The number of carboxylic acids is 1. The van der Waals surface area contributed by atoms with E-state index in [0.29, 0.717) is 18.7 Å². The first-order chi connectivity index (χ1) is 11.8. The molecule has 3 atom stereocenters. The number of nitrogens with zero attached hydrogens (tertiary/aromatic N) is 2. The first-order valence-corrected chi connectivity index (χ1v) is 8.10. The summed E-state index contributed by atoms with van der Waals surface area (Å²) in [6, 6.07) is 3.84. The fourth-order valence-corrected chi connectivity index (χ4v) is 4.02. The molecule has 1 amide bonds. The number of anilines is 1. The third-order valence-corrected chi connectivity index (χ3v) is 5.32. The van der Waals surface area contributed by atoms with Gasteiger partial charge >= 0.3 is 0 Å². The summed E-state index contributed by atoms with van der Waals surface area (Å²) in [6.45, 7) is 1.81. The van der Waals surface area contributed by atoms with Crippen LogP contribution < -0.4 is 20.2 Å². The van der Waals surface area contributed by atoms with E-state index < -0.39 is 28.3 Å². The summed E-state index contributed by atoms with van der Waals surface area (Å²) in [7, 11) is 3.34. The van der Waals surface area contributed by atoms with Crippen molar-refractivity contribution in [3.05, 3.63) is 33.9 Å². The lowest BCUT2D eigenvalue weighted by Gasteiger charge is -2.52. The zero-order valence-corrected chi connectivity index (χ0v) is 14.1. The van der Waals surface area contributed by atoms with E-state index in [1.165, 1.54) is 19.2 Å². The first-order valence-electron chi connectivity index (χ1n) is 8.10. The van der Waals surface area contributed by atoms with Crippen LogP contribution in [0.2, 0.25) is 0 Å². The molecule has 2 N–H and O–H groups in total. The first kappa shape index (κ1) is 17.2. The summed E-state index contributed by atoms with van der Waals surface area (Å²) >= 11 is 0. The predicted molar refractivity (Wildman–Crippen MR) is 86.1 cm³/mol. The minimum atomic E-state index is -1.78. The Labute approximate surface area is 144 Å². The molecule has 0 aromatic heterocycles. The fraction of sp³-hybridized carbons (Fsp3) is 0.500. The zero-order chi connectivity index (χ0) is 18.4. The SMILES string of the molecule is CNC(=O)[C@@]1(C(=O)[O-])Cc2cc([N+](=O)[O-])ccc2N2CC[NH+](C)C[C@@H]21. The van der Waals surface area contributed by atoms with E-state index in [2.05, 4.69) is 5.32 Å². The van der Waals surface area contributed by atoms with Gasteiger partial charge in [0, 0.05) is 24.9 Å². The minimum absolute atomic E-state index is 0.124. The van der Waals surface area contributed by atoms with Crippen molar-refractivity contribution in [1.29, 1.82) is 0 Å². The summed E-state index contributed by atoms with van der Waals surface area (Å²) in [4.78, 5) is 38.3. The van der Waals surface area contributed by atoms with Crippen molar-refractivity contribution >= 4 is 23.3 Å². The Morgan fingerprint density at radius 3 is 2.76 bits per heavy atom. The summed E-state index contributed by atoms with van der Waals surface area (Å²) in [6.07, 6.45) is -0.125. The molecular weight excluding hydrogens is 328 g/mol. The van der Waals surface area contributed by atoms with E-state index >= 15 is 0 Å². The highest BCUT2D eigenvalue weighted by molar-refractivity contribution is 6.03. The van der Waals surface area contributed by atoms with E-state index in [9.17, 15) is 24.8 Å². The standard InChI is InChI=1S/C16H20N4O5/c1-17-14(21)16(15(22)23)8-10-7-11(20(24)25)3-4-12(10)19-6-5-18(2)9-13(16)19/h3-4,7,13H,5-6,8-9H2,1-2H3,(H,17,21)(H,22,23)/t13-,16-/m1/s1. The van der Waals surface area contributed by atoms with E-state index in [0.717, 1.165) is 17.1 Å². The number of nitrogens with one attached hydrogen (secondary N) is 2. The van der Waals surface area contributed by atoms with Crippen molar-refractivity contribution < 1.29 is 24.5 Å². The Hall–Kier alpha value is -2.68. The van der Waals surface area contributed by atoms with Crippen LogP contribution in [0, 0.1) is 15.5 Å². The smallest absolute Gasteiger partial charge is 0.269 e. The number of carbonyl (C=O) groups excluding carboxylic acids is 2. The molecule has 1 aromatic carbocycles. The normalized spacial score (nSPS) is 27.8. The molecule has 1 unspecified atom stereocenters. The number of rotatable bonds is 3. The monoisotopic (exact) mass is 348 g/mol. The van der Waals surface area contributed by atoms with Crippen molar-refractivity contribution in [3.8, 4) is 0 Å². The Bertz CT molecular complexity index is 752. The number of carbonyl (C=O) groups is 2. The topological polar surface area (TPSA) is 120 Å². The molecule has 9 nitrogen and oxygen atoms in total. The van der Waals surface area contributed by atoms with Crippen LogP contribution in [0.4, 0.5) is 11.4 Å². The van der Waals surface area contributed by atoms with Gasteiger partial charge in [-0.15, -0.1) is 0 Å². The average Bonchev–Trinajstić information content (AvgIpc) is 2.59. The number of aliphatic carboxylic acids is 1. The lowest BCUT2D eigenvalue weighted by atomic mass is 9.69. The predicted octanol–water partition coefficient (Wildman–Crippen LogP) is -2.66. The molecule has 1 fully saturated rings. The van der Waals surface area contributed by atoms with Gasteiger partial charge in [0.15, 0.2) is 0 Å². The second-order valence-corrected chi connectivity index (χ2v) is 6.71. The maximum absolute atomic E-state index is 12.6. The maximum atomic E-state index is 12.6. The lowest BCUT2D eigenvalue weighted by Crippen LogP contribution is -3.13. The lowest BCUT2D eigenvalue weighted by molar-refractivity contribution is -0.883. The minimum Gasteiger partial charge on any atom is -0.549 e. The van der Waals surface area contributed by atoms with Crippen LogP contribution in [-0.2, 0) is 16.0 Å². The number of benzene rings is 1. The molecule has 9 heteroatoms. The number of hydrogen-bond acceptors (Lipinski definition) is 6. The molecule has 134 valence electrons. The van der Waals surface area contributed by atoms with Gasteiger partial charge < -0.3 is 25.0 Å². The van der Waals surface area contributed by atoms with Crippen molar-refractivity contribution in [1.82, 2.24) is 5.32 Å². The molecule has 3 rings (SSSR count). The van der Waals surface area contributed by atoms with E-state index in [1.54, 1.807) is 6.07 Å². The highest BCUT2D eigenvalue weighted by atomic mass is 16.6. The van der Waals surface area contributed by atoms with E-state index in [1.807, 2.05) is 11.9 Å².